The number of ether oxygens (including phenoxy) is 4. The van der Waals surface area contributed by atoms with Gasteiger partial charge in [-0.3, -0.25) is 19.7 Å². The number of non-ortho nitro benzene ring substituents is 1. The lowest BCUT2D eigenvalue weighted by Gasteiger charge is -2.13. The summed E-state index contributed by atoms with van der Waals surface area (Å²) in [5, 5.41) is 16.4. The number of hydrogen-bond acceptors (Lipinski definition) is 12. The van der Waals surface area contributed by atoms with E-state index in [1.807, 2.05) is 0 Å². The number of nitro benzene ring substituents is 1. The third-order valence-electron chi connectivity index (χ3n) is 5.84. The van der Waals surface area contributed by atoms with Gasteiger partial charge in [-0.1, -0.05) is 0 Å². The van der Waals surface area contributed by atoms with Crippen LogP contribution in [0.3, 0.4) is 0 Å². The average Bonchev–Trinajstić information content (AvgIpc) is 3.02. The summed E-state index contributed by atoms with van der Waals surface area (Å²) in [6.45, 7) is 0. The number of methoxy groups -OCH3 is 4. The third-order valence-corrected chi connectivity index (χ3v) is 5.84. The van der Waals surface area contributed by atoms with E-state index in [-0.39, 0.29) is 44.8 Å². The fraction of sp³-hybridized carbons (Fsp3) is 0.143. The molecule has 43 heavy (non-hydrogen) atoms. The van der Waals surface area contributed by atoms with Gasteiger partial charge in [0.2, 0.25) is 0 Å². The SMILES string of the molecule is COC(=O)c1ccc(C(=O)OC)c(NC(=O)c2cc(C(=O)Nc3cc(C(=O)OC)ccc3C(=O)OC)cc([N+](=O)[O-])c2)c1. The highest BCUT2D eigenvalue weighted by atomic mass is 16.6. The summed E-state index contributed by atoms with van der Waals surface area (Å²) in [5.41, 5.74) is -2.11. The predicted molar refractivity (Wildman–Crippen MR) is 147 cm³/mol. The normalized spacial score (nSPS) is 10.1. The first kappa shape index (κ1) is 31.4. The second-order valence-corrected chi connectivity index (χ2v) is 8.42. The number of carbonyl (C=O) groups is 6. The molecule has 0 unspecified atom stereocenters. The first-order valence-corrected chi connectivity index (χ1v) is 12.0. The maximum atomic E-state index is 13.2. The Morgan fingerprint density at radius 3 is 1.26 bits per heavy atom. The molecule has 0 spiro atoms. The number of rotatable bonds is 9. The first-order valence-electron chi connectivity index (χ1n) is 12.0. The van der Waals surface area contributed by atoms with Crippen molar-refractivity contribution in [2.45, 2.75) is 0 Å². The second kappa shape index (κ2) is 13.5. The summed E-state index contributed by atoms with van der Waals surface area (Å²) in [6.07, 6.45) is 0. The molecule has 0 atom stereocenters. The van der Waals surface area contributed by atoms with Gasteiger partial charge in [0.15, 0.2) is 0 Å². The van der Waals surface area contributed by atoms with Gasteiger partial charge >= 0.3 is 23.9 Å². The van der Waals surface area contributed by atoms with Gasteiger partial charge in [-0.15, -0.1) is 0 Å². The maximum Gasteiger partial charge on any atom is 0.339 e. The monoisotopic (exact) mass is 593 g/mol. The van der Waals surface area contributed by atoms with Crippen molar-refractivity contribution in [3.8, 4) is 0 Å². The number of nitrogens with one attached hydrogen (secondary N) is 2. The van der Waals surface area contributed by atoms with Gasteiger partial charge < -0.3 is 29.6 Å². The quantitative estimate of drug-likeness (QED) is 0.159. The lowest BCUT2D eigenvalue weighted by atomic mass is 10.0. The highest BCUT2D eigenvalue weighted by molar-refractivity contribution is 6.13. The molecule has 0 aromatic heterocycles. The van der Waals surface area contributed by atoms with Crippen LogP contribution in [0.5, 0.6) is 0 Å². The van der Waals surface area contributed by atoms with E-state index >= 15 is 0 Å². The summed E-state index contributed by atoms with van der Waals surface area (Å²) in [7, 11) is 4.45. The minimum atomic E-state index is -0.993. The molecule has 0 aliphatic heterocycles. The van der Waals surface area contributed by atoms with Gasteiger partial charge in [0.25, 0.3) is 17.5 Å². The highest BCUT2D eigenvalue weighted by Gasteiger charge is 2.23. The van der Waals surface area contributed by atoms with E-state index in [0.29, 0.717) is 0 Å². The molecule has 0 radical (unpaired) electrons. The highest BCUT2D eigenvalue weighted by Crippen LogP contribution is 2.25. The topological polar surface area (TPSA) is 207 Å². The van der Waals surface area contributed by atoms with Crippen molar-refractivity contribution in [1.29, 1.82) is 0 Å². The maximum absolute atomic E-state index is 13.2. The second-order valence-electron chi connectivity index (χ2n) is 8.42. The number of nitro groups is 1. The number of esters is 4. The van der Waals surface area contributed by atoms with Crippen molar-refractivity contribution in [3.05, 3.63) is 98.1 Å². The summed E-state index contributed by atoms with van der Waals surface area (Å²) >= 11 is 0. The van der Waals surface area contributed by atoms with Crippen LogP contribution in [0.2, 0.25) is 0 Å². The smallest absolute Gasteiger partial charge is 0.339 e. The van der Waals surface area contributed by atoms with Crippen molar-refractivity contribution in [3.63, 3.8) is 0 Å². The lowest BCUT2D eigenvalue weighted by Crippen LogP contribution is -2.19. The number of benzene rings is 3. The third kappa shape index (κ3) is 7.15. The van der Waals surface area contributed by atoms with Crippen molar-refractivity contribution in [2.24, 2.45) is 0 Å². The fourth-order valence-electron chi connectivity index (χ4n) is 3.73. The van der Waals surface area contributed by atoms with Crippen LogP contribution in [0.1, 0.15) is 62.1 Å². The van der Waals surface area contributed by atoms with Crippen LogP contribution in [0, 0.1) is 10.1 Å². The number of nitrogens with zero attached hydrogens (tertiary/aromatic N) is 1. The molecule has 0 fully saturated rings. The number of hydrogen-bond donors (Lipinski definition) is 2. The van der Waals surface area contributed by atoms with E-state index in [1.54, 1.807) is 0 Å². The van der Waals surface area contributed by atoms with Gasteiger partial charge in [0.1, 0.15) is 0 Å². The van der Waals surface area contributed by atoms with E-state index in [0.717, 1.165) is 58.8 Å². The summed E-state index contributed by atoms with van der Waals surface area (Å²) in [4.78, 5) is 85.8. The molecular weight excluding hydrogens is 570 g/mol. The van der Waals surface area contributed by atoms with Gasteiger partial charge in [-0.05, 0) is 42.5 Å². The Morgan fingerprint density at radius 1 is 0.558 bits per heavy atom. The molecule has 15 nitrogen and oxygen atoms in total. The van der Waals surface area contributed by atoms with E-state index in [4.69, 9.17) is 9.47 Å². The Balaban J connectivity index is 2.04. The van der Waals surface area contributed by atoms with Crippen LogP contribution >= 0.6 is 0 Å². The molecule has 222 valence electrons. The van der Waals surface area contributed by atoms with Crippen LogP contribution in [0.25, 0.3) is 0 Å². The molecule has 3 rings (SSSR count). The molecule has 2 N–H and O–H groups in total. The van der Waals surface area contributed by atoms with E-state index in [9.17, 15) is 38.9 Å². The Bertz CT molecular complexity index is 1550. The summed E-state index contributed by atoms with van der Waals surface area (Å²) < 4.78 is 18.7. The Hall–Kier alpha value is -6.12. The molecule has 0 saturated heterocycles. The Kier molecular flexibility index (Phi) is 9.86. The standard InChI is InChI=1S/C28H23N3O12/c1-40-25(34)14-5-7-19(27(36)42-3)21(12-14)29-23(32)16-9-17(11-18(10-16)31(38)39)24(33)30-22-13-15(26(35)41-2)6-8-20(22)28(37)43-4/h5-13H,1-4H3,(H,29,32)(H,30,33). The lowest BCUT2D eigenvalue weighted by molar-refractivity contribution is -0.384. The molecular formula is C28H23N3O12. The van der Waals surface area contributed by atoms with Crippen LogP contribution in [-0.2, 0) is 18.9 Å². The molecule has 0 aliphatic rings. The minimum Gasteiger partial charge on any atom is -0.465 e. The number of carbonyl (C=O) groups excluding carboxylic acids is 6. The van der Waals surface area contributed by atoms with E-state index in [1.165, 1.54) is 24.3 Å². The van der Waals surface area contributed by atoms with Gasteiger partial charge in [-0.2, -0.15) is 0 Å². The van der Waals surface area contributed by atoms with Crippen molar-refractivity contribution in [2.75, 3.05) is 39.1 Å². The molecule has 0 heterocycles. The molecule has 0 aliphatic carbocycles. The van der Waals surface area contributed by atoms with Crippen LogP contribution < -0.4 is 10.6 Å². The van der Waals surface area contributed by atoms with Crippen molar-refractivity contribution < 1.29 is 52.6 Å². The number of anilines is 2. The van der Waals surface area contributed by atoms with Crippen LogP contribution in [0.15, 0.2) is 54.6 Å². The molecule has 3 aromatic rings. The van der Waals surface area contributed by atoms with Crippen molar-refractivity contribution >= 4 is 52.8 Å². The Labute approximate surface area is 242 Å². The average molecular weight is 594 g/mol. The minimum absolute atomic E-state index is 0.0276. The molecule has 0 saturated carbocycles. The van der Waals surface area contributed by atoms with Crippen molar-refractivity contribution in [1.82, 2.24) is 0 Å². The first-order chi connectivity index (χ1) is 20.4. The van der Waals surface area contributed by atoms with Gasteiger partial charge in [0.05, 0.1) is 67.0 Å². The zero-order chi connectivity index (χ0) is 31.8. The van der Waals surface area contributed by atoms with Gasteiger partial charge in [0, 0.05) is 23.3 Å². The molecule has 2 amide bonds. The van der Waals surface area contributed by atoms with Crippen LogP contribution in [0.4, 0.5) is 17.1 Å². The van der Waals surface area contributed by atoms with Gasteiger partial charge in [-0.25, -0.2) is 19.2 Å². The largest absolute Gasteiger partial charge is 0.465 e. The number of amides is 2. The Morgan fingerprint density at radius 2 is 0.930 bits per heavy atom. The predicted octanol–water partition coefficient (Wildman–Crippen LogP) is 3.25. The van der Waals surface area contributed by atoms with E-state index in [2.05, 4.69) is 20.1 Å². The fourth-order valence-corrected chi connectivity index (χ4v) is 3.73. The molecule has 0 bridgehead atoms. The molecule has 3 aromatic carbocycles. The van der Waals surface area contributed by atoms with Crippen LogP contribution in [-0.4, -0.2) is 69.1 Å². The molecule has 15 heteroatoms. The van der Waals surface area contributed by atoms with E-state index < -0.39 is 46.3 Å². The zero-order valence-electron chi connectivity index (χ0n) is 23.0. The summed E-state index contributed by atoms with van der Waals surface area (Å²) in [6, 6.07) is 10.0. The summed E-state index contributed by atoms with van der Waals surface area (Å²) in [5.74, 6) is -5.25. The zero-order valence-corrected chi connectivity index (χ0v) is 23.0.